The molecule has 0 aliphatic heterocycles. The molecule has 134 valence electrons. The van der Waals surface area contributed by atoms with Crippen molar-refractivity contribution in [3.05, 3.63) is 23.8 Å². The van der Waals surface area contributed by atoms with Crippen LogP contribution in [0.2, 0.25) is 0 Å². The molecule has 1 amide bonds. The Hall–Kier alpha value is -1.61. The standard InChI is InChI=1S/C15H19F3N2O3S/c1-4-20(3)24(22,23)12-6-5-10(9-11(12)15(16,17)18)19-13(21)14(2)7-8-14/h5-6,9H,4,7-8H2,1-3H3,(H,19,21). The van der Waals surface area contributed by atoms with Crippen molar-refractivity contribution in [3.63, 3.8) is 0 Å². The molecule has 0 spiro atoms. The maximum Gasteiger partial charge on any atom is 0.417 e. The molecule has 2 rings (SSSR count). The molecule has 1 aliphatic carbocycles. The highest BCUT2D eigenvalue weighted by Crippen LogP contribution is 2.46. The molecule has 1 aliphatic rings. The fourth-order valence-corrected chi connectivity index (χ4v) is 3.46. The number of alkyl halides is 3. The summed E-state index contributed by atoms with van der Waals surface area (Å²) in [5.41, 5.74) is -1.91. The van der Waals surface area contributed by atoms with Crippen LogP contribution in [0.4, 0.5) is 18.9 Å². The highest BCUT2D eigenvalue weighted by atomic mass is 32.2. The van der Waals surface area contributed by atoms with E-state index in [1.165, 1.54) is 20.0 Å². The predicted octanol–water partition coefficient (Wildman–Crippen LogP) is 3.08. The fraction of sp³-hybridized carbons (Fsp3) is 0.533. The van der Waals surface area contributed by atoms with E-state index in [2.05, 4.69) is 5.32 Å². The third-order valence-corrected chi connectivity index (χ3v) is 6.22. The van der Waals surface area contributed by atoms with Crippen LogP contribution < -0.4 is 5.32 Å². The third-order valence-electron chi connectivity index (χ3n) is 4.22. The van der Waals surface area contributed by atoms with Crippen molar-refractivity contribution in [2.75, 3.05) is 18.9 Å². The van der Waals surface area contributed by atoms with Gasteiger partial charge in [0.2, 0.25) is 15.9 Å². The van der Waals surface area contributed by atoms with Crippen LogP contribution in [0.25, 0.3) is 0 Å². The zero-order valence-corrected chi connectivity index (χ0v) is 14.4. The van der Waals surface area contributed by atoms with E-state index in [-0.39, 0.29) is 18.1 Å². The second kappa shape index (κ2) is 6.03. The van der Waals surface area contributed by atoms with Gasteiger partial charge in [0.1, 0.15) is 0 Å². The number of halogens is 3. The molecule has 5 nitrogen and oxygen atoms in total. The second-order valence-electron chi connectivity index (χ2n) is 6.14. The number of carbonyl (C=O) groups excluding carboxylic acids is 1. The zero-order valence-electron chi connectivity index (χ0n) is 13.6. The second-order valence-corrected chi connectivity index (χ2v) is 8.16. The lowest BCUT2D eigenvalue weighted by Crippen LogP contribution is -2.29. The number of rotatable bonds is 5. The van der Waals surface area contributed by atoms with Crippen LogP contribution >= 0.6 is 0 Å². The number of amides is 1. The van der Waals surface area contributed by atoms with E-state index in [0.29, 0.717) is 18.9 Å². The van der Waals surface area contributed by atoms with Crippen LogP contribution in [-0.2, 0) is 21.0 Å². The first-order valence-electron chi connectivity index (χ1n) is 7.41. The molecule has 1 saturated carbocycles. The molecule has 1 aromatic carbocycles. The van der Waals surface area contributed by atoms with Gasteiger partial charge in [-0.25, -0.2) is 12.7 Å². The molecule has 9 heteroatoms. The summed E-state index contributed by atoms with van der Waals surface area (Å²) >= 11 is 0. The summed E-state index contributed by atoms with van der Waals surface area (Å²) in [6, 6.07) is 2.73. The number of hydrogen-bond donors (Lipinski definition) is 1. The van der Waals surface area contributed by atoms with E-state index in [1.54, 1.807) is 6.92 Å². The maximum absolute atomic E-state index is 13.3. The van der Waals surface area contributed by atoms with Gasteiger partial charge >= 0.3 is 6.18 Å². The van der Waals surface area contributed by atoms with E-state index in [0.717, 1.165) is 10.4 Å². The quantitative estimate of drug-likeness (QED) is 0.873. The molecule has 0 unspecified atom stereocenters. The topological polar surface area (TPSA) is 66.5 Å². The minimum absolute atomic E-state index is 0.0382. The van der Waals surface area contributed by atoms with Crippen molar-refractivity contribution < 1.29 is 26.4 Å². The minimum Gasteiger partial charge on any atom is -0.326 e. The number of benzene rings is 1. The average Bonchev–Trinajstić information content (AvgIpc) is 3.24. The Morgan fingerprint density at radius 3 is 2.38 bits per heavy atom. The number of carbonyl (C=O) groups is 1. The summed E-state index contributed by atoms with van der Waals surface area (Å²) in [4.78, 5) is 11.2. The average molecular weight is 364 g/mol. The first kappa shape index (κ1) is 18.7. The molecule has 0 aromatic heterocycles. The number of sulfonamides is 1. The van der Waals surface area contributed by atoms with Gasteiger partial charge in [0.15, 0.2) is 0 Å². The Bertz CT molecular complexity index is 756. The molecule has 1 aromatic rings. The number of nitrogens with zero attached hydrogens (tertiary/aromatic N) is 1. The molecular formula is C15H19F3N2O3S. The zero-order chi connectivity index (χ0) is 18.3. The van der Waals surface area contributed by atoms with Crippen LogP contribution in [0.1, 0.15) is 32.3 Å². The van der Waals surface area contributed by atoms with E-state index in [1.807, 2.05) is 0 Å². The molecule has 0 saturated heterocycles. The van der Waals surface area contributed by atoms with Crippen molar-refractivity contribution in [1.82, 2.24) is 4.31 Å². The smallest absolute Gasteiger partial charge is 0.326 e. The van der Waals surface area contributed by atoms with E-state index < -0.39 is 32.1 Å². The van der Waals surface area contributed by atoms with Crippen LogP contribution in [0.5, 0.6) is 0 Å². The molecule has 0 heterocycles. The summed E-state index contributed by atoms with van der Waals surface area (Å²) in [5, 5.41) is 2.43. The van der Waals surface area contributed by atoms with Gasteiger partial charge in [0.05, 0.1) is 10.5 Å². The molecule has 24 heavy (non-hydrogen) atoms. The highest BCUT2D eigenvalue weighted by molar-refractivity contribution is 7.89. The SMILES string of the molecule is CCN(C)S(=O)(=O)c1ccc(NC(=O)C2(C)CC2)cc1C(F)(F)F. The molecule has 0 atom stereocenters. The van der Waals surface area contributed by atoms with Gasteiger partial charge in [0, 0.05) is 24.7 Å². The monoisotopic (exact) mass is 364 g/mol. The molecule has 0 bridgehead atoms. The van der Waals surface area contributed by atoms with Crippen LogP contribution in [0, 0.1) is 5.41 Å². The fourth-order valence-electron chi connectivity index (χ4n) is 2.09. The Balaban J connectivity index is 2.45. The van der Waals surface area contributed by atoms with Gasteiger partial charge in [-0.15, -0.1) is 0 Å². The lowest BCUT2D eigenvalue weighted by molar-refractivity contribution is -0.140. The van der Waals surface area contributed by atoms with Gasteiger partial charge < -0.3 is 5.32 Å². The number of anilines is 1. The Morgan fingerprint density at radius 1 is 1.33 bits per heavy atom. The van der Waals surface area contributed by atoms with Gasteiger partial charge in [-0.2, -0.15) is 13.2 Å². The maximum atomic E-state index is 13.3. The van der Waals surface area contributed by atoms with Gasteiger partial charge in [-0.3, -0.25) is 4.79 Å². The normalized spacial score (nSPS) is 17.0. The van der Waals surface area contributed by atoms with Crippen molar-refractivity contribution in [3.8, 4) is 0 Å². The molecule has 0 radical (unpaired) electrons. The van der Waals surface area contributed by atoms with Crippen LogP contribution in [-0.4, -0.2) is 32.2 Å². The van der Waals surface area contributed by atoms with Crippen molar-refractivity contribution in [2.45, 2.75) is 37.8 Å². The Kier molecular flexibility index (Phi) is 4.71. The molecule has 1 fully saturated rings. The summed E-state index contributed by atoms with van der Waals surface area (Å²) in [7, 11) is -3.06. The van der Waals surface area contributed by atoms with Crippen molar-refractivity contribution in [1.29, 1.82) is 0 Å². The lowest BCUT2D eigenvalue weighted by atomic mass is 10.1. The molecular weight excluding hydrogens is 345 g/mol. The van der Waals surface area contributed by atoms with E-state index >= 15 is 0 Å². The first-order valence-corrected chi connectivity index (χ1v) is 8.85. The van der Waals surface area contributed by atoms with Gasteiger partial charge in [-0.05, 0) is 31.0 Å². The minimum atomic E-state index is -4.86. The molecule has 1 N–H and O–H groups in total. The Morgan fingerprint density at radius 2 is 1.92 bits per heavy atom. The van der Waals surface area contributed by atoms with E-state index in [4.69, 9.17) is 0 Å². The van der Waals surface area contributed by atoms with Crippen molar-refractivity contribution >= 4 is 21.6 Å². The van der Waals surface area contributed by atoms with Gasteiger partial charge in [0.25, 0.3) is 0 Å². The first-order chi connectivity index (χ1) is 10.9. The Labute approximate surface area is 138 Å². The van der Waals surface area contributed by atoms with Crippen molar-refractivity contribution in [2.24, 2.45) is 5.41 Å². The summed E-state index contributed by atoms with van der Waals surface area (Å²) in [6.45, 7) is 3.29. The van der Waals surface area contributed by atoms with Crippen LogP contribution in [0.3, 0.4) is 0 Å². The predicted molar refractivity (Wildman–Crippen MR) is 82.9 cm³/mol. The number of hydrogen-bond acceptors (Lipinski definition) is 3. The van der Waals surface area contributed by atoms with E-state index in [9.17, 15) is 26.4 Å². The third kappa shape index (κ3) is 3.56. The lowest BCUT2D eigenvalue weighted by Gasteiger charge is -2.20. The summed E-state index contributed by atoms with van der Waals surface area (Å²) in [5.74, 6) is -0.364. The van der Waals surface area contributed by atoms with Gasteiger partial charge in [-0.1, -0.05) is 13.8 Å². The summed E-state index contributed by atoms with van der Waals surface area (Å²) in [6.07, 6.45) is -3.50. The van der Waals surface area contributed by atoms with Crippen LogP contribution in [0.15, 0.2) is 23.1 Å². The number of nitrogens with one attached hydrogen (secondary N) is 1. The summed E-state index contributed by atoms with van der Waals surface area (Å²) < 4.78 is 65.3. The highest BCUT2D eigenvalue weighted by Gasteiger charge is 2.45. The largest absolute Gasteiger partial charge is 0.417 e.